The number of carbonyl (C=O) groups excluding carboxylic acids is 2. The highest BCUT2D eigenvalue weighted by Gasteiger charge is 2.28. The summed E-state index contributed by atoms with van der Waals surface area (Å²) in [6, 6.07) is 9.26. The number of nitrogens with one attached hydrogen (secondary N) is 2. The van der Waals surface area contributed by atoms with Crippen molar-refractivity contribution in [3.05, 3.63) is 60.6 Å². The van der Waals surface area contributed by atoms with Gasteiger partial charge in [0, 0.05) is 35.4 Å². The third kappa shape index (κ3) is 7.09. The van der Waals surface area contributed by atoms with Crippen LogP contribution in [0.3, 0.4) is 0 Å². The van der Waals surface area contributed by atoms with Gasteiger partial charge < -0.3 is 21.1 Å². The molecular formula is C25H27F3N6O3. The van der Waals surface area contributed by atoms with Gasteiger partial charge in [-0.05, 0) is 50.6 Å². The van der Waals surface area contributed by atoms with Crippen LogP contribution in [-0.4, -0.2) is 52.5 Å². The van der Waals surface area contributed by atoms with E-state index in [1.165, 1.54) is 12.4 Å². The van der Waals surface area contributed by atoms with E-state index >= 15 is 0 Å². The molecule has 0 saturated carbocycles. The molecule has 4 N–H and O–H groups in total. The van der Waals surface area contributed by atoms with Crippen molar-refractivity contribution in [1.29, 1.82) is 0 Å². The summed E-state index contributed by atoms with van der Waals surface area (Å²) in [5, 5.41) is 4.15. The Labute approximate surface area is 211 Å². The summed E-state index contributed by atoms with van der Waals surface area (Å²) in [6.45, 7) is 3.82. The molecule has 3 rings (SSSR count). The fourth-order valence-electron chi connectivity index (χ4n) is 3.29. The fourth-order valence-corrected chi connectivity index (χ4v) is 3.29. The summed E-state index contributed by atoms with van der Waals surface area (Å²) in [5.41, 5.74) is 8.29. The standard InChI is InChI=1S/C25H27F3N6O3/c1-4-37-22(35)24(2,3)32-13-18(12-29)16-8-9-34-20(14-30-21(34)11-16)17-6-5-7-19(10-17)33-23(36)31-15-25(26,27)28/h5-14H,4,15,29H2,1-3H3,(H2,31,33,36). The second-order valence-corrected chi connectivity index (χ2v) is 8.45. The quantitative estimate of drug-likeness (QED) is 0.303. The first kappa shape index (κ1) is 27.2. The van der Waals surface area contributed by atoms with Crippen LogP contribution >= 0.6 is 0 Å². The number of nitrogens with two attached hydrogens (primary N) is 1. The van der Waals surface area contributed by atoms with Gasteiger partial charge in [-0.15, -0.1) is 0 Å². The zero-order valence-electron chi connectivity index (χ0n) is 20.5. The molecule has 0 aliphatic rings. The molecule has 2 heterocycles. The van der Waals surface area contributed by atoms with E-state index in [9.17, 15) is 22.8 Å². The van der Waals surface area contributed by atoms with Crippen molar-refractivity contribution in [3.63, 3.8) is 0 Å². The number of aliphatic imine (C=N–C) groups is 1. The first-order valence-corrected chi connectivity index (χ1v) is 11.3. The number of nitrogens with zero attached hydrogens (tertiary/aromatic N) is 3. The Bertz CT molecular complexity index is 1340. The highest BCUT2D eigenvalue weighted by atomic mass is 19.4. The van der Waals surface area contributed by atoms with Crippen molar-refractivity contribution in [1.82, 2.24) is 14.7 Å². The maximum absolute atomic E-state index is 12.3. The van der Waals surface area contributed by atoms with Gasteiger partial charge in [-0.1, -0.05) is 12.1 Å². The van der Waals surface area contributed by atoms with E-state index in [0.29, 0.717) is 33.7 Å². The topological polar surface area (TPSA) is 123 Å². The van der Waals surface area contributed by atoms with Gasteiger partial charge >= 0.3 is 18.2 Å². The van der Waals surface area contributed by atoms with Crippen molar-refractivity contribution in [2.24, 2.45) is 10.7 Å². The van der Waals surface area contributed by atoms with Crippen molar-refractivity contribution in [2.45, 2.75) is 32.5 Å². The summed E-state index contributed by atoms with van der Waals surface area (Å²) in [7, 11) is 0. The number of imidazole rings is 1. The number of allylic oxidation sites excluding steroid dienone is 1. The molecule has 0 aliphatic carbocycles. The van der Waals surface area contributed by atoms with Crippen LogP contribution in [0.2, 0.25) is 0 Å². The van der Waals surface area contributed by atoms with Crippen LogP contribution < -0.4 is 16.4 Å². The van der Waals surface area contributed by atoms with Gasteiger partial charge in [0.15, 0.2) is 5.54 Å². The first-order valence-electron chi connectivity index (χ1n) is 11.3. The highest BCUT2D eigenvalue weighted by molar-refractivity contribution is 6.10. The van der Waals surface area contributed by atoms with Gasteiger partial charge in [0.2, 0.25) is 0 Å². The molecule has 0 unspecified atom stereocenters. The van der Waals surface area contributed by atoms with Gasteiger partial charge in [0.25, 0.3) is 0 Å². The van der Waals surface area contributed by atoms with Crippen molar-refractivity contribution >= 4 is 35.1 Å². The monoisotopic (exact) mass is 516 g/mol. The van der Waals surface area contributed by atoms with Crippen molar-refractivity contribution in [2.75, 3.05) is 18.5 Å². The molecule has 37 heavy (non-hydrogen) atoms. The Hall–Kier alpha value is -4.35. The predicted molar refractivity (Wildman–Crippen MR) is 135 cm³/mol. The Morgan fingerprint density at radius 3 is 2.65 bits per heavy atom. The summed E-state index contributed by atoms with van der Waals surface area (Å²) >= 11 is 0. The lowest BCUT2D eigenvalue weighted by Gasteiger charge is -2.17. The molecule has 9 nitrogen and oxygen atoms in total. The summed E-state index contributed by atoms with van der Waals surface area (Å²) in [5.74, 6) is -0.453. The second kappa shape index (κ2) is 11.1. The van der Waals surface area contributed by atoms with Gasteiger partial charge in [-0.2, -0.15) is 13.2 Å². The van der Waals surface area contributed by atoms with E-state index in [4.69, 9.17) is 10.5 Å². The number of halogens is 3. The first-order chi connectivity index (χ1) is 17.4. The van der Waals surface area contributed by atoms with Crippen LogP contribution in [0.1, 0.15) is 26.3 Å². The number of amides is 2. The number of hydrogen-bond acceptors (Lipinski definition) is 6. The largest absolute Gasteiger partial charge is 0.464 e. The van der Waals surface area contributed by atoms with Gasteiger partial charge in [0.1, 0.15) is 12.2 Å². The van der Waals surface area contributed by atoms with Gasteiger partial charge in [0.05, 0.1) is 18.5 Å². The Kier molecular flexibility index (Phi) is 8.21. The molecular weight excluding hydrogens is 489 g/mol. The summed E-state index contributed by atoms with van der Waals surface area (Å²) < 4.78 is 43.8. The van der Waals surface area contributed by atoms with Crippen LogP contribution in [0, 0.1) is 0 Å². The maximum atomic E-state index is 12.3. The molecule has 1 aromatic carbocycles. The zero-order valence-corrected chi connectivity index (χ0v) is 20.5. The van der Waals surface area contributed by atoms with E-state index in [1.54, 1.807) is 79.3 Å². The fraction of sp³-hybridized carbons (Fsp3) is 0.280. The van der Waals surface area contributed by atoms with Crippen LogP contribution in [0.4, 0.5) is 23.7 Å². The molecule has 2 amide bonds. The number of rotatable bonds is 8. The van der Waals surface area contributed by atoms with E-state index in [0.717, 1.165) is 0 Å². The Morgan fingerprint density at radius 2 is 1.97 bits per heavy atom. The molecule has 0 saturated heterocycles. The summed E-state index contributed by atoms with van der Waals surface area (Å²) in [4.78, 5) is 32.7. The number of pyridine rings is 1. The third-order valence-electron chi connectivity index (χ3n) is 5.19. The minimum Gasteiger partial charge on any atom is -0.464 e. The van der Waals surface area contributed by atoms with Crippen LogP contribution in [0.5, 0.6) is 0 Å². The highest BCUT2D eigenvalue weighted by Crippen LogP contribution is 2.25. The average Bonchev–Trinajstić information content (AvgIpc) is 3.26. The minimum atomic E-state index is -4.50. The Morgan fingerprint density at radius 1 is 1.22 bits per heavy atom. The molecule has 0 spiro atoms. The van der Waals surface area contributed by atoms with E-state index < -0.39 is 30.3 Å². The van der Waals surface area contributed by atoms with E-state index in [1.807, 2.05) is 0 Å². The number of ether oxygens (including phenoxy) is 1. The lowest BCUT2D eigenvalue weighted by Crippen LogP contribution is -2.36. The molecule has 0 fully saturated rings. The average molecular weight is 517 g/mol. The molecule has 196 valence electrons. The minimum absolute atomic E-state index is 0.250. The molecule has 0 atom stereocenters. The number of fused-ring (bicyclic) bond motifs is 1. The number of hydrogen-bond donors (Lipinski definition) is 3. The number of carbonyl (C=O) groups is 2. The number of anilines is 1. The third-order valence-corrected chi connectivity index (χ3v) is 5.19. The molecule has 3 aromatic rings. The van der Waals surface area contributed by atoms with Crippen LogP contribution in [0.25, 0.3) is 22.5 Å². The van der Waals surface area contributed by atoms with Crippen LogP contribution in [-0.2, 0) is 9.53 Å². The van der Waals surface area contributed by atoms with Crippen molar-refractivity contribution in [3.8, 4) is 11.3 Å². The molecule has 0 radical (unpaired) electrons. The smallest absolute Gasteiger partial charge is 0.405 e. The number of esters is 1. The predicted octanol–water partition coefficient (Wildman–Crippen LogP) is 4.40. The number of alkyl halides is 3. The van der Waals surface area contributed by atoms with Gasteiger partial charge in [-0.25, -0.2) is 14.6 Å². The number of urea groups is 1. The lowest BCUT2D eigenvalue weighted by atomic mass is 10.1. The van der Waals surface area contributed by atoms with Crippen LogP contribution in [0.15, 0.2) is 60.0 Å². The SMILES string of the molecule is CCOC(=O)C(C)(C)N=CC(=CN)c1ccn2c(-c3cccc(NC(=O)NCC(F)(F)F)c3)cnc2c1. The molecule has 0 bridgehead atoms. The molecule has 12 heteroatoms. The summed E-state index contributed by atoms with van der Waals surface area (Å²) in [6.07, 6.45) is 1.78. The lowest BCUT2D eigenvalue weighted by molar-refractivity contribution is -0.148. The normalized spacial score (nSPS) is 12.6. The maximum Gasteiger partial charge on any atom is 0.405 e. The van der Waals surface area contributed by atoms with E-state index in [-0.39, 0.29) is 6.61 Å². The number of benzene rings is 1. The van der Waals surface area contributed by atoms with Crippen molar-refractivity contribution < 1.29 is 27.5 Å². The molecule has 0 aliphatic heterocycles. The van der Waals surface area contributed by atoms with E-state index in [2.05, 4.69) is 15.3 Å². The molecule has 2 aromatic heterocycles. The zero-order chi connectivity index (χ0) is 27.2. The Balaban J connectivity index is 1.81. The van der Waals surface area contributed by atoms with Gasteiger partial charge in [-0.3, -0.25) is 9.39 Å². The number of aromatic nitrogens is 2. The second-order valence-electron chi connectivity index (χ2n) is 8.45.